The highest BCUT2D eigenvalue weighted by Gasteiger charge is 2.38. The number of rotatable bonds is 4. The van der Waals surface area contributed by atoms with E-state index < -0.39 is 6.10 Å². The van der Waals surface area contributed by atoms with Crippen LogP contribution in [-0.4, -0.2) is 64.6 Å². The lowest BCUT2D eigenvalue weighted by Gasteiger charge is -2.38. The molecule has 2 fully saturated rings. The van der Waals surface area contributed by atoms with Crippen LogP contribution in [0.15, 0.2) is 18.5 Å². The van der Waals surface area contributed by atoms with Crippen molar-refractivity contribution in [2.75, 3.05) is 37.6 Å². The van der Waals surface area contributed by atoms with E-state index in [9.17, 15) is 9.90 Å². The van der Waals surface area contributed by atoms with Gasteiger partial charge in [0.15, 0.2) is 0 Å². The summed E-state index contributed by atoms with van der Waals surface area (Å²) >= 11 is 7.71. The summed E-state index contributed by atoms with van der Waals surface area (Å²) in [5.74, 6) is 1.17. The predicted octanol–water partition coefficient (Wildman–Crippen LogP) is 2.92. The average Bonchev–Trinajstić information content (AvgIpc) is 3.51. The molecule has 0 aromatic carbocycles. The molecule has 2 aromatic heterocycles. The molecule has 166 valence electrons. The van der Waals surface area contributed by atoms with Gasteiger partial charge in [0.05, 0.1) is 22.1 Å². The first-order chi connectivity index (χ1) is 15.0. The highest BCUT2D eigenvalue weighted by molar-refractivity contribution is 7.16. The van der Waals surface area contributed by atoms with Gasteiger partial charge in [-0.05, 0) is 43.9 Å². The minimum atomic E-state index is -0.507. The van der Waals surface area contributed by atoms with Crippen LogP contribution in [0.4, 0.5) is 5.82 Å². The molecule has 2 unspecified atom stereocenters. The molecule has 7 nitrogen and oxygen atoms in total. The zero-order valence-electron chi connectivity index (χ0n) is 17.6. The van der Waals surface area contributed by atoms with Gasteiger partial charge in [0, 0.05) is 42.7 Å². The zero-order valence-corrected chi connectivity index (χ0v) is 19.2. The van der Waals surface area contributed by atoms with Crippen LogP contribution in [0.3, 0.4) is 0 Å². The van der Waals surface area contributed by atoms with Crippen molar-refractivity contribution < 1.29 is 9.90 Å². The first-order valence-corrected chi connectivity index (χ1v) is 12.3. The number of aliphatic hydroxyl groups excluding tert-OH is 1. The smallest absolute Gasteiger partial charge is 0.232 e. The van der Waals surface area contributed by atoms with E-state index in [0.717, 1.165) is 58.8 Å². The van der Waals surface area contributed by atoms with E-state index in [1.54, 1.807) is 6.33 Å². The summed E-state index contributed by atoms with van der Waals surface area (Å²) in [6, 6.07) is 4.07. The van der Waals surface area contributed by atoms with Crippen molar-refractivity contribution in [2.24, 2.45) is 0 Å². The average molecular weight is 462 g/mol. The number of halogens is 1. The minimum Gasteiger partial charge on any atom is -0.387 e. The van der Waals surface area contributed by atoms with Gasteiger partial charge in [0.1, 0.15) is 12.1 Å². The number of carbonyl (C=O) groups excluding carboxylic acids is 1. The number of nitrogens with one attached hydrogen (secondary N) is 1. The first-order valence-electron chi connectivity index (χ1n) is 11.1. The maximum absolute atomic E-state index is 13.6. The van der Waals surface area contributed by atoms with Crippen LogP contribution in [0.5, 0.6) is 0 Å². The van der Waals surface area contributed by atoms with E-state index in [2.05, 4.69) is 27.1 Å². The number of amides is 1. The third-order valence-corrected chi connectivity index (χ3v) is 8.15. The maximum atomic E-state index is 13.6. The van der Waals surface area contributed by atoms with Gasteiger partial charge in [-0.1, -0.05) is 18.5 Å². The summed E-state index contributed by atoms with van der Waals surface area (Å²) in [6.45, 7) is 5.87. The molecule has 2 saturated heterocycles. The Balaban J connectivity index is 1.32. The second-order valence-electron chi connectivity index (χ2n) is 8.78. The fraction of sp³-hybridized carbons (Fsp3) is 0.591. The number of piperazine rings is 1. The summed E-state index contributed by atoms with van der Waals surface area (Å²) in [5.41, 5.74) is 1.83. The lowest BCUT2D eigenvalue weighted by molar-refractivity contribution is -0.133. The first kappa shape index (κ1) is 21.1. The standard InChI is InChI=1S/C22H28ClN5O2S/c1-13-11-15(29)20-18(13)21(26-12-25-20)27-7-9-28(10-8-27)22(30)19(14-3-2-6-24-14)16-4-5-17(23)31-16/h4-5,12-15,19,24,29H,2-3,6-11H2,1H3/t13-,14?,15-,19?/m1/s1. The summed E-state index contributed by atoms with van der Waals surface area (Å²) in [6.07, 6.45) is 3.85. The fourth-order valence-electron chi connectivity index (χ4n) is 5.27. The Morgan fingerprint density at radius 1 is 1.29 bits per heavy atom. The molecule has 5 rings (SSSR count). The molecule has 0 bridgehead atoms. The van der Waals surface area contributed by atoms with Gasteiger partial charge in [-0.15, -0.1) is 11.3 Å². The summed E-state index contributed by atoms with van der Waals surface area (Å²) < 4.78 is 0.726. The van der Waals surface area contributed by atoms with Crippen LogP contribution in [-0.2, 0) is 4.79 Å². The Kier molecular flexibility index (Phi) is 5.90. The van der Waals surface area contributed by atoms with Crippen LogP contribution >= 0.6 is 22.9 Å². The Morgan fingerprint density at radius 2 is 2.10 bits per heavy atom. The topological polar surface area (TPSA) is 81.6 Å². The van der Waals surface area contributed by atoms with E-state index in [-0.39, 0.29) is 23.8 Å². The van der Waals surface area contributed by atoms with E-state index in [4.69, 9.17) is 11.6 Å². The molecule has 4 atom stereocenters. The highest BCUT2D eigenvalue weighted by Crippen LogP contribution is 2.43. The van der Waals surface area contributed by atoms with Gasteiger partial charge in [-0.25, -0.2) is 9.97 Å². The quantitative estimate of drug-likeness (QED) is 0.728. The third-order valence-electron chi connectivity index (χ3n) is 6.84. The number of thiophene rings is 1. The molecule has 31 heavy (non-hydrogen) atoms. The molecule has 1 amide bonds. The normalized spacial score (nSPS) is 26.9. The van der Waals surface area contributed by atoms with Crippen LogP contribution in [0.2, 0.25) is 4.34 Å². The Hall–Kier alpha value is -1.74. The van der Waals surface area contributed by atoms with E-state index in [1.807, 2.05) is 17.0 Å². The van der Waals surface area contributed by atoms with Crippen molar-refractivity contribution in [1.82, 2.24) is 20.2 Å². The second-order valence-corrected chi connectivity index (χ2v) is 10.5. The Morgan fingerprint density at radius 3 is 2.77 bits per heavy atom. The lowest BCUT2D eigenvalue weighted by atomic mass is 9.94. The molecule has 4 heterocycles. The molecule has 2 N–H and O–H groups in total. The molecule has 0 radical (unpaired) electrons. The predicted molar refractivity (Wildman–Crippen MR) is 122 cm³/mol. The number of carbonyl (C=O) groups is 1. The summed E-state index contributed by atoms with van der Waals surface area (Å²) in [4.78, 5) is 27.8. The second kappa shape index (κ2) is 8.65. The third kappa shape index (κ3) is 3.95. The minimum absolute atomic E-state index is 0.174. The van der Waals surface area contributed by atoms with Crippen molar-refractivity contribution in [2.45, 2.75) is 50.2 Å². The van der Waals surface area contributed by atoms with Crippen LogP contribution in [0, 0.1) is 0 Å². The van der Waals surface area contributed by atoms with Crippen molar-refractivity contribution in [1.29, 1.82) is 0 Å². The highest BCUT2D eigenvalue weighted by atomic mass is 35.5. The zero-order chi connectivity index (χ0) is 21.5. The molecule has 0 saturated carbocycles. The van der Waals surface area contributed by atoms with Gasteiger partial charge in [-0.3, -0.25) is 4.79 Å². The Bertz CT molecular complexity index is 955. The number of anilines is 1. The van der Waals surface area contributed by atoms with E-state index in [1.165, 1.54) is 11.3 Å². The number of aliphatic hydroxyl groups is 1. The molecular formula is C22H28ClN5O2S. The number of hydrogen-bond donors (Lipinski definition) is 2. The number of nitrogens with zero attached hydrogens (tertiary/aromatic N) is 4. The Labute approximate surface area is 191 Å². The van der Waals surface area contributed by atoms with Gasteiger partial charge in [0.25, 0.3) is 0 Å². The van der Waals surface area contributed by atoms with Gasteiger partial charge in [0.2, 0.25) is 5.91 Å². The van der Waals surface area contributed by atoms with Crippen molar-refractivity contribution >= 4 is 34.7 Å². The van der Waals surface area contributed by atoms with Gasteiger partial charge in [-0.2, -0.15) is 0 Å². The number of hydrogen-bond acceptors (Lipinski definition) is 7. The van der Waals surface area contributed by atoms with E-state index >= 15 is 0 Å². The molecular weight excluding hydrogens is 434 g/mol. The van der Waals surface area contributed by atoms with E-state index in [0.29, 0.717) is 19.5 Å². The number of fused-ring (bicyclic) bond motifs is 1. The number of aromatic nitrogens is 2. The summed E-state index contributed by atoms with van der Waals surface area (Å²) in [5, 5.41) is 13.8. The maximum Gasteiger partial charge on any atom is 0.232 e. The monoisotopic (exact) mass is 461 g/mol. The van der Waals surface area contributed by atoms with Crippen molar-refractivity contribution in [3.63, 3.8) is 0 Å². The van der Waals surface area contributed by atoms with Crippen LogP contribution < -0.4 is 10.2 Å². The summed E-state index contributed by atoms with van der Waals surface area (Å²) in [7, 11) is 0. The fourth-order valence-corrected chi connectivity index (χ4v) is 6.49. The van der Waals surface area contributed by atoms with Crippen LogP contribution in [0.1, 0.15) is 60.3 Å². The molecule has 9 heteroatoms. The van der Waals surface area contributed by atoms with Crippen molar-refractivity contribution in [3.8, 4) is 0 Å². The van der Waals surface area contributed by atoms with Crippen molar-refractivity contribution in [3.05, 3.63) is 38.9 Å². The SMILES string of the molecule is C[C@@H]1C[C@@H](O)c2ncnc(N3CCN(C(=O)C(c4ccc(Cl)s4)C4CCCN4)CC3)c21. The largest absolute Gasteiger partial charge is 0.387 e. The molecule has 2 aliphatic heterocycles. The van der Waals surface area contributed by atoms with Crippen LogP contribution in [0.25, 0.3) is 0 Å². The van der Waals surface area contributed by atoms with Gasteiger partial charge >= 0.3 is 0 Å². The molecule has 3 aliphatic rings. The molecule has 0 spiro atoms. The lowest BCUT2D eigenvalue weighted by Crippen LogP contribution is -2.52. The molecule has 2 aromatic rings. The van der Waals surface area contributed by atoms with Gasteiger partial charge < -0.3 is 20.2 Å². The molecule has 1 aliphatic carbocycles.